The van der Waals surface area contributed by atoms with Crippen LogP contribution in [-0.2, 0) is 0 Å². The van der Waals surface area contributed by atoms with Crippen molar-refractivity contribution in [3.05, 3.63) is 45.9 Å². The minimum Gasteiger partial charge on any atom is -0.407 e. The lowest BCUT2D eigenvalue weighted by Gasteiger charge is -2.25. The molecule has 2 aromatic rings. The number of benzene rings is 2. The molecule has 0 spiro atoms. The summed E-state index contributed by atoms with van der Waals surface area (Å²) < 4.78 is 39.5. The molecule has 0 atom stereocenters. The minimum absolute atomic E-state index is 0.109. The standard InChI is InChI=1S/C24H24Cl2F2N2O4S2/c25-15-11-17(27)19(33-23(31)29-7-3-1-4-8-29)13-21(15)35-36-22-14-20(18(28)12-16(22)26)34-24(32)30-9-5-2-6-10-30/h11-14H,1-10H2. The van der Waals surface area contributed by atoms with Crippen LogP contribution in [0.15, 0.2) is 34.1 Å². The summed E-state index contributed by atoms with van der Waals surface area (Å²) in [4.78, 5) is 28.7. The van der Waals surface area contributed by atoms with Crippen molar-refractivity contribution in [3.8, 4) is 11.5 Å². The lowest BCUT2D eigenvalue weighted by Crippen LogP contribution is -2.37. The number of rotatable bonds is 5. The smallest absolute Gasteiger partial charge is 0.407 e. The number of piperidine rings is 2. The Hall–Kier alpha value is -1.88. The van der Waals surface area contributed by atoms with E-state index in [0.717, 1.165) is 72.2 Å². The molecule has 0 aliphatic carbocycles. The Labute approximate surface area is 226 Å². The summed E-state index contributed by atoms with van der Waals surface area (Å²) in [6.45, 7) is 2.27. The molecule has 0 N–H and O–H groups in total. The van der Waals surface area contributed by atoms with Crippen LogP contribution in [-0.4, -0.2) is 48.2 Å². The summed E-state index contributed by atoms with van der Waals surface area (Å²) in [7, 11) is 2.23. The lowest BCUT2D eigenvalue weighted by atomic mass is 10.1. The van der Waals surface area contributed by atoms with E-state index in [9.17, 15) is 18.4 Å². The SMILES string of the molecule is O=C(Oc1cc(SSc2cc(OC(=O)N3CCCCC3)c(F)cc2Cl)c(Cl)cc1F)N1CCCCC1. The zero-order valence-corrected chi connectivity index (χ0v) is 22.4. The lowest BCUT2D eigenvalue weighted by molar-refractivity contribution is 0.140. The van der Waals surface area contributed by atoms with Crippen LogP contribution >= 0.6 is 44.8 Å². The second-order valence-electron chi connectivity index (χ2n) is 8.42. The van der Waals surface area contributed by atoms with E-state index in [1.165, 1.54) is 12.1 Å². The quantitative estimate of drug-likeness (QED) is 0.335. The predicted octanol–water partition coefficient (Wildman–Crippen LogP) is 8.04. The van der Waals surface area contributed by atoms with E-state index >= 15 is 0 Å². The van der Waals surface area contributed by atoms with E-state index in [4.69, 9.17) is 32.7 Å². The third kappa shape index (κ3) is 6.90. The highest BCUT2D eigenvalue weighted by Gasteiger charge is 2.23. The molecule has 36 heavy (non-hydrogen) atoms. The Morgan fingerprint density at radius 3 is 1.39 bits per heavy atom. The van der Waals surface area contributed by atoms with Crippen molar-refractivity contribution in [1.82, 2.24) is 9.80 Å². The molecule has 2 aliphatic heterocycles. The van der Waals surface area contributed by atoms with Gasteiger partial charge in [-0.15, -0.1) is 0 Å². The van der Waals surface area contributed by atoms with Gasteiger partial charge in [-0.1, -0.05) is 44.8 Å². The summed E-state index contributed by atoms with van der Waals surface area (Å²) in [5.41, 5.74) is 0. The first-order valence-corrected chi connectivity index (χ1v) is 14.5. The van der Waals surface area contributed by atoms with E-state index < -0.39 is 23.8 Å². The maximum Gasteiger partial charge on any atom is 0.415 e. The third-order valence-corrected chi connectivity index (χ3v) is 9.11. The molecule has 0 aromatic heterocycles. The number of ether oxygens (including phenoxy) is 2. The fourth-order valence-electron chi connectivity index (χ4n) is 3.87. The van der Waals surface area contributed by atoms with Crippen LogP contribution in [0.3, 0.4) is 0 Å². The van der Waals surface area contributed by atoms with Crippen LogP contribution in [0.2, 0.25) is 10.0 Å². The maximum atomic E-state index is 14.4. The van der Waals surface area contributed by atoms with Crippen LogP contribution in [0.4, 0.5) is 18.4 Å². The van der Waals surface area contributed by atoms with E-state index in [-0.39, 0.29) is 21.5 Å². The van der Waals surface area contributed by atoms with Crippen LogP contribution in [0.5, 0.6) is 11.5 Å². The highest BCUT2D eigenvalue weighted by Crippen LogP contribution is 2.46. The van der Waals surface area contributed by atoms with Crippen molar-refractivity contribution in [2.24, 2.45) is 0 Å². The fraction of sp³-hybridized carbons (Fsp3) is 0.417. The Morgan fingerprint density at radius 2 is 1.03 bits per heavy atom. The summed E-state index contributed by atoms with van der Waals surface area (Å²) in [6, 6.07) is 4.82. The molecule has 2 heterocycles. The van der Waals surface area contributed by atoms with E-state index in [0.29, 0.717) is 36.0 Å². The average molecular weight is 578 g/mol. The van der Waals surface area contributed by atoms with Crippen LogP contribution < -0.4 is 9.47 Å². The van der Waals surface area contributed by atoms with Gasteiger partial charge in [-0.25, -0.2) is 18.4 Å². The number of nitrogens with zero attached hydrogens (tertiary/aromatic N) is 2. The normalized spacial score (nSPS) is 16.1. The van der Waals surface area contributed by atoms with Gasteiger partial charge >= 0.3 is 12.2 Å². The molecule has 4 rings (SSSR count). The van der Waals surface area contributed by atoms with Crippen LogP contribution in [0, 0.1) is 11.6 Å². The highest BCUT2D eigenvalue weighted by molar-refractivity contribution is 8.76. The first-order chi connectivity index (χ1) is 17.3. The molecular weight excluding hydrogens is 553 g/mol. The largest absolute Gasteiger partial charge is 0.415 e. The van der Waals surface area contributed by atoms with Crippen molar-refractivity contribution in [2.45, 2.75) is 48.3 Å². The van der Waals surface area contributed by atoms with E-state index in [1.54, 1.807) is 9.80 Å². The second-order valence-corrected chi connectivity index (χ2v) is 11.5. The molecule has 6 nitrogen and oxygen atoms in total. The third-order valence-electron chi connectivity index (χ3n) is 5.82. The summed E-state index contributed by atoms with van der Waals surface area (Å²) in [6.07, 6.45) is 4.38. The Bertz CT molecular complexity index is 1040. The molecule has 2 aromatic carbocycles. The Kier molecular flexibility index (Phi) is 9.49. The van der Waals surface area contributed by atoms with Gasteiger partial charge in [0.15, 0.2) is 23.1 Å². The number of hydrogen-bond acceptors (Lipinski definition) is 6. The first kappa shape index (κ1) is 27.2. The minimum atomic E-state index is -0.758. The maximum absolute atomic E-state index is 14.4. The highest BCUT2D eigenvalue weighted by atomic mass is 35.5. The molecule has 12 heteroatoms. The fourth-order valence-corrected chi connectivity index (χ4v) is 6.80. The molecule has 2 aliphatic rings. The van der Waals surface area contributed by atoms with Gasteiger partial charge in [0.05, 0.1) is 10.0 Å². The van der Waals surface area contributed by atoms with Crippen molar-refractivity contribution >= 4 is 57.0 Å². The molecule has 2 saturated heterocycles. The molecular formula is C24H24Cl2F2N2O4S2. The number of likely N-dealkylation sites (tertiary alicyclic amines) is 2. The predicted molar refractivity (Wildman–Crippen MR) is 137 cm³/mol. The van der Waals surface area contributed by atoms with Gasteiger partial charge in [0.25, 0.3) is 0 Å². The Morgan fingerprint density at radius 1 is 0.667 bits per heavy atom. The first-order valence-electron chi connectivity index (χ1n) is 11.6. The molecule has 2 amide bonds. The van der Waals surface area contributed by atoms with Gasteiger partial charge < -0.3 is 19.3 Å². The van der Waals surface area contributed by atoms with Gasteiger partial charge in [-0.05, 0) is 50.7 Å². The second kappa shape index (κ2) is 12.6. The average Bonchev–Trinajstić information content (AvgIpc) is 2.88. The number of amides is 2. The van der Waals surface area contributed by atoms with Gasteiger partial charge in [0, 0.05) is 48.1 Å². The zero-order valence-electron chi connectivity index (χ0n) is 19.2. The molecule has 0 radical (unpaired) electrons. The molecule has 194 valence electrons. The van der Waals surface area contributed by atoms with Gasteiger partial charge in [-0.3, -0.25) is 0 Å². The van der Waals surface area contributed by atoms with Gasteiger partial charge in [0.1, 0.15) is 0 Å². The summed E-state index contributed by atoms with van der Waals surface area (Å²) >= 11 is 12.4. The number of halogens is 4. The van der Waals surface area contributed by atoms with Crippen LogP contribution in [0.25, 0.3) is 0 Å². The number of hydrogen-bond donors (Lipinski definition) is 0. The summed E-state index contributed by atoms with van der Waals surface area (Å²) in [5.74, 6) is -1.99. The molecule has 0 bridgehead atoms. The van der Waals surface area contributed by atoms with Crippen LogP contribution in [0.1, 0.15) is 38.5 Å². The van der Waals surface area contributed by atoms with Gasteiger partial charge in [0.2, 0.25) is 0 Å². The molecule has 0 unspecified atom stereocenters. The molecule has 2 fully saturated rings. The topological polar surface area (TPSA) is 59.1 Å². The van der Waals surface area contributed by atoms with Gasteiger partial charge in [-0.2, -0.15) is 0 Å². The van der Waals surface area contributed by atoms with Crippen molar-refractivity contribution in [1.29, 1.82) is 0 Å². The van der Waals surface area contributed by atoms with Crippen molar-refractivity contribution in [3.63, 3.8) is 0 Å². The van der Waals surface area contributed by atoms with E-state index in [1.807, 2.05) is 0 Å². The Balaban J connectivity index is 1.45. The monoisotopic (exact) mass is 576 g/mol. The number of carbonyl (C=O) groups is 2. The van der Waals surface area contributed by atoms with Crippen molar-refractivity contribution in [2.75, 3.05) is 26.2 Å². The zero-order chi connectivity index (χ0) is 25.7. The van der Waals surface area contributed by atoms with E-state index in [2.05, 4.69) is 0 Å². The molecule has 0 saturated carbocycles. The van der Waals surface area contributed by atoms with Crippen molar-refractivity contribution < 1.29 is 27.8 Å². The number of carbonyl (C=O) groups excluding carboxylic acids is 2. The summed E-state index contributed by atoms with van der Waals surface area (Å²) in [5, 5.41) is 0.218.